The molecule has 136 valence electrons. The molecule has 0 saturated heterocycles. The summed E-state index contributed by atoms with van der Waals surface area (Å²) in [5, 5.41) is 0. The van der Waals surface area contributed by atoms with E-state index in [1.54, 1.807) is 0 Å². The van der Waals surface area contributed by atoms with E-state index >= 15 is 0 Å². The van der Waals surface area contributed by atoms with Gasteiger partial charge in [0.25, 0.3) is 0 Å². The molecule has 1 heterocycles. The predicted molar refractivity (Wildman–Crippen MR) is 75.5 cm³/mol. The molecule has 0 spiro atoms. The van der Waals surface area contributed by atoms with Gasteiger partial charge in [-0.1, -0.05) is 0 Å². The highest BCUT2D eigenvalue weighted by molar-refractivity contribution is 5.61. The molecule has 26 heavy (non-hydrogen) atoms. The minimum absolute atomic E-state index is 0.00722. The Morgan fingerprint density at radius 2 is 1.46 bits per heavy atom. The van der Waals surface area contributed by atoms with E-state index < -0.39 is 46.5 Å². The van der Waals surface area contributed by atoms with Crippen LogP contribution in [0, 0.1) is 23.3 Å². The van der Waals surface area contributed by atoms with Gasteiger partial charge in [-0.25, -0.2) is 17.6 Å². The van der Waals surface area contributed by atoms with Gasteiger partial charge in [-0.3, -0.25) is 0 Å². The molecule has 0 radical (unpaired) electrons. The summed E-state index contributed by atoms with van der Waals surface area (Å²) < 4.78 is 103. The van der Waals surface area contributed by atoms with Crippen LogP contribution in [-0.4, -0.2) is 0 Å². The Bertz CT molecular complexity index is 923. The number of alkyl halides is 3. The number of benzene rings is 2. The highest BCUT2D eigenvalue weighted by Gasteiger charge is 2.33. The first-order valence-corrected chi connectivity index (χ1v) is 6.94. The zero-order valence-electron chi connectivity index (χ0n) is 12.5. The van der Waals surface area contributed by atoms with Crippen LogP contribution in [0.5, 0.6) is 11.5 Å². The van der Waals surface area contributed by atoms with E-state index in [1.807, 2.05) is 0 Å². The summed E-state index contributed by atoms with van der Waals surface area (Å²) in [7, 11) is 0. The Kier molecular flexibility index (Phi) is 4.39. The van der Waals surface area contributed by atoms with E-state index in [2.05, 4.69) is 0 Å². The molecule has 0 unspecified atom stereocenters. The van der Waals surface area contributed by atoms with Crippen LogP contribution in [0.1, 0.15) is 5.56 Å². The lowest BCUT2D eigenvalue weighted by atomic mass is 10.1. The molecule has 0 atom stereocenters. The molecule has 0 amide bonds. The number of ether oxygens (including phenoxy) is 1. The molecule has 0 aliphatic rings. The molecule has 2 aromatic carbocycles. The highest BCUT2D eigenvalue weighted by atomic mass is 19.4. The van der Waals surface area contributed by atoms with Crippen molar-refractivity contribution in [2.45, 2.75) is 6.18 Å². The van der Waals surface area contributed by atoms with Crippen LogP contribution in [0.3, 0.4) is 0 Å². The second kappa shape index (κ2) is 6.40. The first-order valence-electron chi connectivity index (χ1n) is 6.94. The first-order chi connectivity index (χ1) is 12.2. The molecule has 3 aromatic rings. The van der Waals surface area contributed by atoms with Crippen molar-refractivity contribution in [2.75, 3.05) is 0 Å². The normalized spacial score (nSPS) is 11.7. The maximum absolute atomic E-state index is 13.9. The van der Waals surface area contributed by atoms with Crippen molar-refractivity contribution in [2.24, 2.45) is 0 Å². The fourth-order valence-electron chi connectivity index (χ4n) is 2.16. The van der Waals surface area contributed by atoms with Gasteiger partial charge >= 0.3 is 6.18 Å². The van der Waals surface area contributed by atoms with Gasteiger partial charge in [0, 0.05) is 6.07 Å². The summed E-state index contributed by atoms with van der Waals surface area (Å²) in [6.45, 7) is 0. The molecular formula is C17H7F7O2. The Hall–Kier alpha value is -2.97. The molecule has 0 aliphatic carbocycles. The van der Waals surface area contributed by atoms with Gasteiger partial charge < -0.3 is 9.15 Å². The minimum atomic E-state index is -4.98. The molecular weight excluding hydrogens is 369 g/mol. The van der Waals surface area contributed by atoms with Gasteiger partial charge in [0.05, 0.1) is 17.4 Å². The molecule has 9 heteroatoms. The maximum Gasteiger partial charge on any atom is 0.416 e. The number of hydrogen-bond donors (Lipinski definition) is 0. The average Bonchev–Trinajstić information content (AvgIpc) is 3.05. The topological polar surface area (TPSA) is 22.4 Å². The smallest absolute Gasteiger partial charge is 0.416 e. The van der Waals surface area contributed by atoms with Gasteiger partial charge in [-0.2, -0.15) is 13.2 Å². The van der Waals surface area contributed by atoms with Gasteiger partial charge in [-0.05, 0) is 30.3 Å². The molecule has 0 aliphatic heterocycles. The summed E-state index contributed by atoms with van der Waals surface area (Å²) >= 11 is 0. The van der Waals surface area contributed by atoms with Crippen molar-refractivity contribution in [3.63, 3.8) is 0 Å². The van der Waals surface area contributed by atoms with E-state index in [-0.39, 0.29) is 23.5 Å². The maximum atomic E-state index is 13.9. The Balaban J connectivity index is 2.03. The third-order valence-electron chi connectivity index (χ3n) is 3.35. The fourth-order valence-corrected chi connectivity index (χ4v) is 2.16. The Morgan fingerprint density at radius 1 is 0.808 bits per heavy atom. The largest absolute Gasteiger partial charge is 0.464 e. The third-order valence-corrected chi connectivity index (χ3v) is 3.35. The van der Waals surface area contributed by atoms with E-state index in [9.17, 15) is 30.7 Å². The van der Waals surface area contributed by atoms with Crippen LogP contribution in [0.2, 0.25) is 0 Å². The lowest BCUT2D eigenvalue weighted by molar-refractivity contribution is -0.138. The van der Waals surface area contributed by atoms with Crippen LogP contribution in [0.15, 0.2) is 47.1 Å². The number of rotatable bonds is 3. The fraction of sp³-hybridized carbons (Fsp3) is 0.0588. The van der Waals surface area contributed by atoms with Gasteiger partial charge in [0.2, 0.25) is 0 Å². The summed E-state index contributed by atoms with van der Waals surface area (Å²) in [6.07, 6.45) is -3.76. The number of halogens is 7. The lowest BCUT2D eigenvalue weighted by Crippen LogP contribution is -2.07. The summed E-state index contributed by atoms with van der Waals surface area (Å²) in [5.41, 5.74) is -1.84. The van der Waals surface area contributed by atoms with Crippen molar-refractivity contribution < 1.29 is 39.9 Å². The highest BCUT2D eigenvalue weighted by Crippen LogP contribution is 2.37. The summed E-state index contributed by atoms with van der Waals surface area (Å²) in [6, 6.07) is 3.96. The van der Waals surface area contributed by atoms with Crippen LogP contribution in [0.25, 0.3) is 11.3 Å². The minimum Gasteiger partial charge on any atom is -0.464 e. The van der Waals surface area contributed by atoms with Crippen LogP contribution in [-0.2, 0) is 6.18 Å². The third kappa shape index (κ3) is 3.37. The van der Waals surface area contributed by atoms with E-state index in [0.717, 1.165) is 6.07 Å². The Morgan fingerprint density at radius 3 is 2.00 bits per heavy atom. The van der Waals surface area contributed by atoms with Gasteiger partial charge in [-0.15, -0.1) is 0 Å². The van der Waals surface area contributed by atoms with Gasteiger partial charge in [0.1, 0.15) is 11.6 Å². The van der Waals surface area contributed by atoms with Crippen molar-refractivity contribution >= 4 is 0 Å². The number of hydrogen-bond acceptors (Lipinski definition) is 2. The molecule has 2 nitrogen and oxygen atoms in total. The SMILES string of the molecule is Fc1cc(F)c(-c2ccco2)cc1Oc1c(F)cc(C(F)(F)F)cc1F. The Labute approximate surface area is 141 Å². The van der Waals surface area contributed by atoms with Crippen molar-refractivity contribution in [1.29, 1.82) is 0 Å². The van der Waals surface area contributed by atoms with Crippen LogP contribution < -0.4 is 4.74 Å². The molecule has 0 saturated carbocycles. The molecule has 0 fully saturated rings. The molecule has 0 N–H and O–H groups in total. The molecule has 0 bridgehead atoms. The average molecular weight is 376 g/mol. The second-order valence-electron chi connectivity index (χ2n) is 5.11. The lowest BCUT2D eigenvalue weighted by Gasteiger charge is -2.13. The van der Waals surface area contributed by atoms with Crippen molar-refractivity contribution in [1.82, 2.24) is 0 Å². The second-order valence-corrected chi connectivity index (χ2v) is 5.11. The quantitative estimate of drug-likeness (QED) is 0.500. The standard InChI is InChI=1S/C17H7F7O2/c18-10-7-11(19)15(6-9(10)14-2-1-3-25-14)26-16-12(20)4-8(5-13(16)21)17(22,23)24/h1-7H. The van der Waals surface area contributed by atoms with Crippen molar-refractivity contribution in [3.8, 4) is 22.8 Å². The first kappa shape index (κ1) is 17.8. The van der Waals surface area contributed by atoms with Crippen molar-refractivity contribution in [3.05, 3.63) is 71.5 Å². The van der Waals surface area contributed by atoms with E-state index in [1.165, 1.54) is 18.4 Å². The van der Waals surface area contributed by atoms with Gasteiger partial charge in [0.15, 0.2) is 29.0 Å². The monoisotopic (exact) mass is 376 g/mol. The molecule has 1 aromatic heterocycles. The zero-order valence-corrected chi connectivity index (χ0v) is 12.5. The zero-order chi connectivity index (χ0) is 19.1. The summed E-state index contributed by atoms with van der Waals surface area (Å²) in [5.74, 6) is -7.79. The summed E-state index contributed by atoms with van der Waals surface area (Å²) in [4.78, 5) is 0. The molecule has 3 rings (SSSR count). The van der Waals surface area contributed by atoms with Crippen LogP contribution in [0.4, 0.5) is 30.7 Å². The predicted octanol–water partition coefficient (Wildman–Crippen LogP) is 6.31. The van der Waals surface area contributed by atoms with Crippen LogP contribution >= 0.6 is 0 Å². The van der Waals surface area contributed by atoms with E-state index in [4.69, 9.17) is 9.15 Å². The van der Waals surface area contributed by atoms with E-state index in [0.29, 0.717) is 6.07 Å². The number of furan rings is 1.